The molecule has 1 fully saturated rings. The molecule has 92 valence electrons. The van der Waals surface area contributed by atoms with E-state index in [1.807, 2.05) is 18.2 Å². The van der Waals surface area contributed by atoms with E-state index >= 15 is 0 Å². The molecule has 1 aliphatic heterocycles. The molecule has 2 atom stereocenters. The van der Waals surface area contributed by atoms with Gasteiger partial charge in [0, 0.05) is 19.1 Å². The van der Waals surface area contributed by atoms with Gasteiger partial charge in [-0.05, 0) is 18.9 Å². The topological polar surface area (TPSA) is 55.6 Å². The van der Waals surface area contributed by atoms with E-state index in [9.17, 15) is 4.79 Å². The third kappa shape index (κ3) is 2.97. The van der Waals surface area contributed by atoms with Gasteiger partial charge in [0.15, 0.2) is 0 Å². The maximum Gasteiger partial charge on any atom is 0.404 e. The Morgan fingerprint density at radius 2 is 2.18 bits per heavy atom. The second kappa shape index (κ2) is 5.19. The maximum atomic E-state index is 10.7. The number of likely N-dealkylation sites (tertiary alicyclic amines) is 1. The monoisotopic (exact) mass is 234 g/mol. The molecule has 1 saturated heterocycles. The van der Waals surface area contributed by atoms with Crippen molar-refractivity contribution in [2.75, 3.05) is 13.1 Å². The summed E-state index contributed by atoms with van der Waals surface area (Å²) < 4.78 is 5.02. The summed E-state index contributed by atoms with van der Waals surface area (Å²) in [6.45, 7) is 3.87. The van der Waals surface area contributed by atoms with Crippen LogP contribution in [-0.4, -0.2) is 30.2 Å². The van der Waals surface area contributed by atoms with Crippen LogP contribution in [0, 0.1) is 0 Å². The Hall–Kier alpha value is -1.55. The number of carbonyl (C=O) groups excluding carboxylic acids is 1. The fraction of sp³-hybridized carbons (Fsp3) is 0.462. The van der Waals surface area contributed by atoms with E-state index in [1.54, 1.807) is 0 Å². The van der Waals surface area contributed by atoms with Crippen molar-refractivity contribution in [2.45, 2.75) is 25.5 Å². The van der Waals surface area contributed by atoms with Crippen LogP contribution in [0.25, 0.3) is 0 Å². The van der Waals surface area contributed by atoms with E-state index in [0.717, 1.165) is 19.5 Å². The Bertz CT molecular complexity index is 380. The van der Waals surface area contributed by atoms with Gasteiger partial charge < -0.3 is 10.5 Å². The number of benzene rings is 1. The van der Waals surface area contributed by atoms with Crippen molar-refractivity contribution in [1.82, 2.24) is 4.90 Å². The fourth-order valence-electron chi connectivity index (χ4n) is 2.31. The molecule has 1 aromatic carbocycles. The zero-order valence-corrected chi connectivity index (χ0v) is 10.0. The molecule has 17 heavy (non-hydrogen) atoms. The van der Waals surface area contributed by atoms with Crippen LogP contribution < -0.4 is 5.73 Å². The fourth-order valence-corrected chi connectivity index (χ4v) is 2.31. The molecule has 2 rings (SSSR count). The summed E-state index contributed by atoms with van der Waals surface area (Å²) in [5.41, 5.74) is 6.31. The summed E-state index contributed by atoms with van der Waals surface area (Å²) in [5.74, 6) is 0. The van der Waals surface area contributed by atoms with Crippen molar-refractivity contribution in [3.8, 4) is 0 Å². The minimum atomic E-state index is -0.677. The normalized spacial score (nSPS) is 22.3. The lowest BCUT2D eigenvalue weighted by atomic mass is 10.1. The lowest BCUT2D eigenvalue weighted by Gasteiger charge is -2.24. The van der Waals surface area contributed by atoms with E-state index in [-0.39, 0.29) is 6.10 Å². The van der Waals surface area contributed by atoms with Crippen LogP contribution in [0.4, 0.5) is 4.79 Å². The van der Waals surface area contributed by atoms with E-state index < -0.39 is 6.09 Å². The summed E-state index contributed by atoms with van der Waals surface area (Å²) >= 11 is 0. The number of nitrogens with zero attached hydrogens (tertiary/aromatic N) is 1. The highest BCUT2D eigenvalue weighted by atomic mass is 16.6. The van der Waals surface area contributed by atoms with Gasteiger partial charge in [-0.2, -0.15) is 0 Å². The number of rotatable bonds is 3. The Kier molecular flexibility index (Phi) is 3.64. The molecule has 4 nitrogen and oxygen atoms in total. The lowest BCUT2D eigenvalue weighted by molar-refractivity contribution is 0.105. The molecule has 0 saturated carbocycles. The third-order valence-corrected chi connectivity index (χ3v) is 3.29. The Balaban J connectivity index is 1.94. The number of hydrogen-bond donors (Lipinski definition) is 1. The highest BCUT2D eigenvalue weighted by Gasteiger charge is 2.28. The van der Waals surface area contributed by atoms with Crippen molar-refractivity contribution in [2.24, 2.45) is 5.73 Å². The van der Waals surface area contributed by atoms with Gasteiger partial charge in [-0.1, -0.05) is 30.3 Å². The largest absolute Gasteiger partial charge is 0.445 e. The van der Waals surface area contributed by atoms with Gasteiger partial charge in [-0.25, -0.2) is 4.79 Å². The lowest BCUT2D eigenvalue weighted by Crippen LogP contribution is -2.28. The van der Waals surface area contributed by atoms with Crippen LogP contribution in [0.2, 0.25) is 0 Å². The number of hydrogen-bond acceptors (Lipinski definition) is 3. The van der Waals surface area contributed by atoms with Gasteiger partial charge in [0.05, 0.1) is 0 Å². The summed E-state index contributed by atoms with van der Waals surface area (Å²) in [7, 11) is 0. The van der Waals surface area contributed by atoms with E-state index in [1.165, 1.54) is 5.56 Å². The third-order valence-electron chi connectivity index (χ3n) is 3.29. The molecule has 1 aromatic rings. The van der Waals surface area contributed by atoms with Crippen LogP contribution in [0.15, 0.2) is 30.3 Å². The molecule has 0 bridgehead atoms. The first-order valence-corrected chi connectivity index (χ1v) is 5.92. The summed E-state index contributed by atoms with van der Waals surface area (Å²) in [5, 5.41) is 0. The first-order valence-electron chi connectivity index (χ1n) is 5.92. The smallest absolute Gasteiger partial charge is 0.404 e. The molecule has 0 aromatic heterocycles. The van der Waals surface area contributed by atoms with E-state index in [0.29, 0.717) is 6.04 Å². The second-order valence-electron chi connectivity index (χ2n) is 4.43. The van der Waals surface area contributed by atoms with Gasteiger partial charge >= 0.3 is 6.09 Å². The predicted molar refractivity (Wildman–Crippen MR) is 65.5 cm³/mol. The standard InChI is InChI=1S/C13H18N2O2/c1-10(11-5-3-2-4-6-11)15-8-7-12(9-15)17-13(14)16/h2-6,10,12H,7-9H2,1H3,(H2,14,16)/t10-,12-/m0/s1. The van der Waals surface area contributed by atoms with Crippen LogP contribution in [0.5, 0.6) is 0 Å². The SMILES string of the molecule is C[C@@H](c1ccccc1)N1CC[C@H](OC(N)=O)C1. The van der Waals surface area contributed by atoms with Crippen molar-refractivity contribution in [1.29, 1.82) is 0 Å². The van der Waals surface area contributed by atoms with Gasteiger partial charge in [-0.15, -0.1) is 0 Å². The number of carbonyl (C=O) groups is 1. The van der Waals surface area contributed by atoms with Crippen molar-refractivity contribution >= 4 is 6.09 Å². The zero-order chi connectivity index (χ0) is 12.3. The Labute approximate surface area is 101 Å². The Morgan fingerprint density at radius 1 is 1.47 bits per heavy atom. The van der Waals surface area contributed by atoms with Crippen LogP contribution in [0.1, 0.15) is 24.9 Å². The Morgan fingerprint density at radius 3 is 2.82 bits per heavy atom. The minimum Gasteiger partial charge on any atom is -0.445 e. The van der Waals surface area contributed by atoms with Crippen LogP contribution in [0.3, 0.4) is 0 Å². The molecule has 4 heteroatoms. The van der Waals surface area contributed by atoms with Gasteiger partial charge in [0.1, 0.15) is 6.10 Å². The quantitative estimate of drug-likeness (QED) is 0.869. The van der Waals surface area contributed by atoms with Crippen LogP contribution in [-0.2, 0) is 4.74 Å². The molecule has 1 aliphatic rings. The molecular weight excluding hydrogens is 216 g/mol. The van der Waals surface area contributed by atoms with Gasteiger partial charge in [-0.3, -0.25) is 4.90 Å². The highest BCUT2D eigenvalue weighted by Crippen LogP contribution is 2.25. The first-order chi connectivity index (χ1) is 8.16. The van der Waals surface area contributed by atoms with E-state index in [4.69, 9.17) is 10.5 Å². The van der Waals surface area contributed by atoms with Gasteiger partial charge in [0.25, 0.3) is 0 Å². The number of nitrogens with two attached hydrogens (primary N) is 1. The van der Waals surface area contributed by atoms with Gasteiger partial charge in [0.2, 0.25) is 0 Å². The molecule has 0 radical (unpaired) electrons. The molecule has 1 amide bonds. The van der Waals surface area contributed by atoms with Crippen molar-refractivity contribution in [3.05, 3.63) is 35.9 Å². The molecule has 0 aliphatic carbocycles. The van der Waals surface area contributed by atoms with Crippen molar-refractivity contribution in [3.63, 3.8) is 0 Å². The minimum absolute atomic E-state index is 0.0568. The molecule has 1 heterocycles. The summed E-state index contributed by atoms with van der Waals surface area (Å²) in [4.78, 5) is 13.0. The number of primary amides is 1. The average molecular weight is 234 g/mol. The second-order valence-corrected chi connectivity index (χ2v) is 4.43. The first kappa shape index (κ1) is 11.9. The van der Waals surface area contributed by atoms with Crippen LogP contribution >= 0.6 is 0 Å². The molecular formula is C13H18N2O2. The average Bonchev–Trinajstić information content (AvgIpc) is 2.77. The molecule has 2 N–H and O–H groups in total. The maximum absolute atomic E-state index is 10.7. The summed E-state index contributed by atoms with van der Waals surface area (Å²) in [6, 6.07) is 10.7. The van der Waals surface area contributed by atoms with Crippen molar-refractivity contribution < 1.29 is 9.53 Å². The predicted octanol–water partition coefficient (Wildman–Crippen LogP) is 1.92. The molecule has 0 spiro atoms. The van der Waals surface area contributed by atoms with E-state index in [2.05, 4.69) is 24.0 Å². The summed E-state index contributed by atoms with van der Waals surface area (Å²) in [6.07, 6.45) is 0.128. The number of ether oxygens (including phenoxy) is 1. The zero-order valence-electron chi connectivity index (χ0n) is 10.0. The highest BCUT2D eigenvalue weighted by molar-refractivity contribution is 5.64. The number of amides is 1. The molecule has 0 unspecified atom stereocenters.